The molecule has 0 radical (unpaired) electrons. The van der Waals surface area contributed by atoms with Crippen LogP contribution in [-0.4, -0.2) is 60.5 Å². The third kappa shape index (κ3) is 5.37. The Balaban J connectivity index is 1.96. The summed E-state index contributed by atoms with van der Waals surface area (Å²) in [5.41, 5.74) is 6.03. The maximum atomic E-state index is 12.7. The number of fused-ring (bicyclic) bond motifs is 5. The number of aliphatic hydroxyl groups is 1. The van der Waals surface area contributed by atoms with Gasteiger partial charge in [0.25, 0.3) is 0 Å². The fourth-order valence-corrected chi connectivity index (χ4v) is 6.02. The topological polar surface area (TPSA) is 185 Å². The highest BCUT2D eigenvalue weighted by atomic mass is 16.4. The van der Waals surface area contributed by atoms with E-state index in [0.717, 1.165) is 17.4 Å². The number of H-pyrrole nitrogens is 1. The minimum atomic E-state index is -1.30. The molecule has 1 aromatic heterocycles. The predicted octanol–water partition coefficient (Wildman–Crippen LogP) is 4.21. The van der Waals surface area contributed by atoms with Gasteiger partial charge in [-0.2, -0.15) is 0 Å². The van der Waals surface area contributed by atoms with Crippen molar-refractivity contribution in [1.82, 2.24) is 4.98 Å². The molecule has 5 N–H and O–H groups in total. The van der Waals surface area contributed by atoms with E-state index < -0.39 is 24.3 Å². The van der Waals surface area contributed by atoms with Crippen LogP contribution in [0.25, 0.3) is 18.2 Å². The fourth-order valence-electron chi connectivity index (χ4n) is 6.02. The van der Waals surface area contributed by atoms with Crippen molar-refractivity contribution in [3.05, 3.63) is 96.8 Å². The smallest absolute Gasteiger partial charge is 0.338 e. The van der Waals surface area contributed by atoms with Gasteiger partial charge in [-0.1, -0.05) is 19.6 Å². The average Bonchev–Trinajstić information content (AvgIpc) is 3.67. The van der Waals surface area contributed by atoms with Crippen molar-refractivity contribution in [1.29, 1.82) is 0 Å². The second-order valence-corrected chi connectivity index (χ2v) is 10.9. The van der Waals surface area contributed by atoms with Crippen molar-refractivity contribution in [3.63, 3.8) is 0 Å². The number of nitrogens with one attached hydrogen (secondary N) is 1. The average molecular weight is 609 g/mol. The summed E-state index contributed by atoms with van der Waals surface area (Å²) in [6.07, 6.45) is 7.62. The Hall–Kier alpha value is -5.58. The van der Waals surface area contributed by atoms with Gasteiger partial charge in [0.15, 0.2) is 0 Å². The van der Waals surface area contributed by atoms with E-state index in [1.165, 1.54) is 0 Å². The lowest BCUT2D eigenvalue weighted by atomic mass is 9.91. The first kappa shape index (κ1) is 30.9. The Morgan fingerprint density at radius 2 is 1.60 bits per heavy atom. The standard InChI is InChI=1S/C34H32N4O7/c1-6-18-15(3)23-11-24-16(4)20(8-9-29(40)41)32(37-24)21(10-30(42)43)33-31(34(44)45)17(5)25(38-33)12-27-19(7-2)22(14-39)28(36-27)13-26(18)35-23/h6,11-14,35,39H,1,7-10H2,2-5H3,(H,40,41)(H,42,43)(H,44,45). The molecule has 1 aromatic rings. The maximum absolute atomic E-state index is 12.7. The van der Waals surface area contributed by atoms with Gasteiger partial charge < -0.3 is 25.4 Å². The first-order valence-corrected chi connectivity index (χ1v) is 14.3. The van der Waals surface area contributed by atoms with Gasteiger partial charge >= 0.3 is 17.9 Å². The van der Waals surface area contributed by atoms with Crippen LogP contribution in [0.4, 0.5) is 0 Å². The monoisotopic (exact) mass is 608 g/mol. The van der Waals surface area contributed by atoms with Crippen LogP contribution in [0.3, 0.4) is 0 Å². The van der Waals surface area contributed by atoms with E-state index >= 15 is 0 Å². The molecule has 5 rings (SSSR count). The largest absolute Gasteiger partial charge is 0.515 e. The molecule has 4 aliphatic rings. The number of hydrogen-bond donors (Lipinski definition) is 5. The van der Waals surface area contributed by atoms with Crippen molar-refractivity contribution in [3.8, 4) is 0 Å². The van der Waals surface area contributed by atoms with Crippen LogP contribution in [0.2, 0.25) is 0 Å². The summed E-state index contributed by atoms with van der Waals surface area (Å²) in [4.78, 5) is 54.2. The van der Waals surface area contributed by atoms with E-state index in [9.17, 15) is 34.8 Å². The number of allylic oxidation sites excluding steroid dienone is 6. The quantitative estimate of drug-likeness (QED) is 0.274. The van der Waals surface area contributed by atoms with Gasteiger partial charge in [-0.05, 0) is 79.7 Å². The zero-order valence-electron chi connectivity index (χ0n) is 25.3. The predicted molar refractivity (Wildman–Crippen MR) is 171 cm³/mol. The van der Waals surface area contributed by atoms with Gasteiger partial charge in [0.2, 0.25) is 0 Å². The summed E-state index contributed by atoms with van der Waals surface area (Å²) >= 11 is 0. The van der Waals surface area contributed by atoms with Crippen molar-refractivity contribution in [2.45, 2.75) is 53.4 Å². The number of carboxylic acid groups (broad SMARTS) is 3. The molecule has 0 aliphatic carbocycles. The van der Waals surface area contributed by atoms with E-state index in [2.05, 4.69) is 16.6 Å². The Morgan fingerprint density at radius 1 is 0.889 bits per heavy atom. The van der Waals surface area contributed by atoms with Gasteiger partial charge in [-0.25, -0.2) is 19.8 Å². The number of rotatable bonds is 8. The van der Waals surface area contributed by atoms with Crippen LogP contribution >= 0.6 is 0 Å². The highest BCUT2D eigenvalue weighted by Gasteiger charge is 2.35. The van der Waals surface area contributed by atoms with Crippen molar-refractivity contribution < 1.29 is 34.8 Å². The number of aromatic nitrogens is 1. The van der Waals surface area contributed by atoms with Crippen LogP contribution in [-0.2, 0) is 14.4 Å². The number of aliphatic hydroxyl groups excluding tert-OH is 1. The molecule has 230 valence electrons. The molecule has 11 nitrogen and oxygen atoms in total. The third-order valence-corrected chi connectivity index (χ3v) is 8.33. The first-order valence-electron chi connectivity index (χ1n) is 14.3. The Morgan fingerprint density at radius 3 is 2.20 bits per heavy atom. The van der Waals surface area contributed by atoms with Gasteiger partial charge in [0.1, 0.15) is 0 Å². The van der Waals surface area contributed by atoms with Crippen LogP contribution in [0.5, 0.6) is 0 Å². The van der Waals surface area contributed by atoms with Gasteiger partial charge in [-0.3, -0.25) is 9.59 Å². The number of aliphatic carboxylic acids is 3. The summed E-state index contributed by atoms with van der Waals surface area (Å²) in [6, 6.07) is 0. The number of hydrogen-bond acceptors (Lipinski definition) is 7. The van der Waals surface area contributed by atoms with E-state index in [4.69, 9.17) is 9.98 Å². The molecule has 8 bridgehead atoms. The van der Waals surface area contributed by atoms with Gasteiger partial charge in [0.05, 0.1) is 52.5 Å². The minimum Gasteiger partial charge on any atom is -0.515 e. The van der Waals surface area contributed by atoms with Crippen molar-refractivity contribution >= 4 is 53.3 Å². The number of carbonyl (C=O) groups is 3. The van der Waals surface area contributed by atoms with E-state index in [0.29, 0.717) is 62.1 Å². The lowest BCUT2D eigenvalue weighted by Crippen LogP contribution is -2.17. The molecule has 0 fully saturated rings. The van der Waals surface area contributed by atoms with Crippen molar-refractivity contribution in [2.24, 2.45) is 15.0 Å². The van der Waals surface area contributed by atoms with Gasteiger partial charge in [-0.15, -0.1) is 0 Å². The molecular formula is C34H32N4O7. The summed E-state index contributed by atoms with van der Waals surface area (Å²) < 4.78 is 0. The molecule has 0 saturated carbocycles. The number of nitrogens with zero attached hydrogens (tertiary/aromatic N) is 3. The summed E-state index contributed by atoms with van der Waals surface area (Å²) in [5.74, 6) is -3.57. The van der Waals surface area contributed by atoms with Crippen LogP contribution in [0, 0.1) is 6.92 Å². The molecule has 0 unspecified atom stereocenters. The minimum absolute atomic E-state index is 0.0440. The second-order valence-electron chi connectivity index (χ2n) is 10.9. The van der Waals surface area contributed by atoms with Crippen LogP contribution in [0.1, 0.15) is 57.6 Å². The summed E-state index contributed by atoms with van der Waals surface area (Å²) in [6.45, 7) is 11.2. The fraction of sp³-hybridized carbons (Fsp3) is 0.235. The molecule has 0 saturated heterocycles. The highest BCUT2D eigenvalue weighted by Crippen LogP contribution is 2.39. The molecule has 0 aromatic carbocycles. The maximum Gasteiger partial charge on any atom is 0.338 e. The first-order chi connectivity index (χ1) is 21.4. The molecule has 5 heterocycles. The molecule has 11 heteroatoms. The molecule has 4 aliphatic heterocycles. The molecule has 0 amide bonds. The summed E-state index contributed by atoms with van der Waals surface area (Å²) in [7, 11) is 0. The van der Waals surface area contributed by atoms with E-state index in [-0.39, 0.29) is 41.1 Å². The number of carboxylic acids is 3. The SMILES string of the molecule is C=Cc1c(C)c2[nH]c1=CC1=NC(=C(CC)C1=CO)C=C1N=C(C(CC(=O)O)=C3N=C(C=2)C(C)=C3CCC(=O)O)C(C(=O)O)=C1C. The van der Waals surface area contributed by atoms with Crippen LogP contribution in [0.15, 0.2) is 90.0 Å². The zero-order chi connectivity index (χ0) is 32.7. The Bertz CT molecular complexity index is 2040. The third-order valence-electron chi connectivity index (χ3n) is 8.33. The molecule has 0 spiro atoms. The highest BCUT2D eigenvalue weighted by molar-refractivity contribution is 6.31. The van der Waals surface area contributed by atoms with E-state index in [1.54, 1.807) is 38.2 Å². The summed E-state index contributed by atoms with van der Waals surface area (Å²) in [5, 5.41) is 41.4. The van der Waals surface area contributed by atoms with Crippen molar-refractivity contribution in [2.75, 3.05) is 0 Å². The molecule has 45 heavy (non-hydrogen) atoms. The number of aliphatic imine (C=N–C) groups is 3. The lowest BCUT2D eigenvalue weighted by Gasteiger charge is -2.13. The molecular weight excluding hydrogens is 576 g/mol. The molecule has 0 atom stereocenters. The van der Waals surface area contributed by atoms with Crippen LogP contribution < -0.4 is 10.7 Å². The zero-order valence-corrected chi connectivity index (χ0v) is 25.3. The van der Waals surface area contributed by atoms with E-state index in [1.807, 2.05) is 13.8 Å². The Kier molecular flexibility index (Phi) is 8.12. The number of aromatic amines is 1. The Labute approximate surface area is 258 Å². The normalized spacial score (nSPS) is 18.5. The second kappa shape index (κ2) is 11.8. The van der Waals surface area contributed by atoms with Gasteiger partial charge in [0, 0.05) is 33.8 Å². The lowest BCUT2D eigenvalue weighted by molar-refractivity contribution is -0.137.